The Hall–Kier alpha value is -3.97. The molecule has 0 aromatic carbocycles. The molecule has 0 saturated carbocycles. The van der Waals surface area contributed by atoms with E-state index in [2.05, 4.69) is 32.2 Å². The zero-order chi connectivity index (χ0) is 20.9. The van der Waals surface area contributed by atoms with Crippen LogP contribution in [-0.4, -0.2) is 44.0 Å². The average Bonchev–Trinajstić information content (AvgIpc) is 3.16. The number of ether oxygens (including phenoxy) is 1. The third kappa shape index (κ3) is 4.06. The fourth-order valence-electron chi connectivity index (χ4n) is 2.78. The molecule has 152 valence electrons. The molecule has 0 unspecified atom stereocenters. The van der Waals surface area contributed by atoms with Crippen molar-refractivity contribution in [2.24, 2.45) is 5.73 Å². The number of aromatic nitrogens is 5. The van der Waals surface area contributed by atoms with Gasteiger partial charge in [-0.25, -0.2) is 28.4 Å². The Morgan fingerprint density at radius 1 is 1.27 bits per heavy atom. The number of anilines is 1. The van der Waals surface area contributed by atoms with Crippen LogP contribution < -0.4 is 21.5 Å². The molecule has 0 aliphatic carbocycles. The Kier molecular flexibility index (Phi) is 5.54. The number of nitrogens with one attached hydrogen (secondary N) is 1. The second-order valence-electron chi connectivity index (χ2n) is 6.37. The molecule has 0 fully saturated rings. The molecule has 0 saturated heterocycles. The first-order valence-corrected chi connectivity index (χ1v) is 9.18. The molecule has 0 radical (unpaired) electrons. The first kappa shape index (κ1) is 19.4. The molecular formula is C20H18FN7O2. The predicted octanol–water partition coefficient (Wildman–Crippen LogP) is 0.840. The van der Waals surface area contributed by atoms with Gasteiger partial charge in [0.05, 0.1) is 18.6 Å². The van der Waals surface area contributed by atoms with Crippen molar-refractivity contribution in [2.75, 3.05) is 25.0 Å². The van der Waals surface area contributed by atoms with Crippen LogP contribution in [0.4, 0.5) is 10.1 Å². The number of hydrogen-bond acceptors (Lipinski definition) is 7. The Labute approximate surface area is 171 Å². The molecule has 0 bridgehead atoms. The summed E-state index contributed by atoms with van der Waals surface area (Å²) >= 11 is 0. The molecule has 0 spiro atoms. The number of pyridine rings is 2. The van der Waals surface area contributed by atoms with Crippen molar-refractivity contribution in [3.63, 3.8) is 0 Å². The van der Waals surface area contributed by atoms with Gasteiger partial charge in [-0.3, -0.25) is 0 Å². The maximum Gasteiger partial charge on any atom is 0.351 e. The highest BCUT2D eigenvalue weighted by Gasteiger charge is 2.11. The minimum absolute atomic E-state index is 0.00302. The van der Waals surface area contributed by atoms with Gasteiger partial charge in [-0.1, -0.05) is 6.07 Å². The standard InChI is InChI=1S/C20H18FN7O2/c21-10-14(11-22)12-28-20(29)27(13-24-28)18-3-1-2-15(25-18)4-5-16-6-7-17-19(26-16)30-9-8-23-17/h1-3,6-7,10,13,23H,8-9,11-12,22H2/b14-10+. The number of rotatable bonds is 4. The molecule has 0 amide bonds. The van der Waals surface area contributed by atoms with Crippen molar-refractivity contribution >= 4 is 5.69 Å². The van der Waals surface area contributed by atoms with E-state index >= 15 is 0 Å². The Balaban J connectivity index is 1.58. The zero-order valence-electron chi connectivity index (χ0n) is 15.9. The lowest BCUT2D eigenvalue weighted by atomic mass is 10.3. The van der Waals surface area contributed by atoms with Gasteiger partial charge in [0, 0.05) is 13.1 Å². The number of halogens is 1. The Bertz CT molecular complexity index is 1220. The second kappa shape index (κ2) is 8.59. The third-order valence-electron chi connectivity index (χ3n) is 4.32. The number of hydrogen-bond donors (Lipinski definition) is 2. The van der Waals surface area contributed by atoms with E-state index in [1.807, 2.05) is 6.07 Å². The molecule has 1 aliphatic rings. The van der Waals surface area contributed by atoms with Gasteiger partial charge in [-0.15, -0.1) is 0 Å². The maximum absolute atomic E-state index is 12.7. The van der Waals surface area contributed by atoms with Gasteiger partial charge in [-0.2, -0.15) is 5.10 Å². The smallest absolute Gasteiger partial charge is 0.351 e. The van der Waals surface area contributed by atoms with E-state index in [0.717, 1.165) is 16.9 Å². The summed E-state index contributed by atoms with van der Waals surface area (Å²) in [5, 5.41) is 7.19. The van der Waals surface area contributed by atoms with E-state index in [0.29, 0.717) is 36.0 Å². The van der Waals surface area contributed by atoms with Crippen LogP contribution >= 0.6 is 0 Å². The molecule has 4 rings (SSSR count). The summed E-state index contributed by atoms with van der Waals surface area (Å²) in [7, 11) is 0. The van der Waals surface area contributed by atoms with Crippen molar-refractivity contribution in [2.45, 2.75) is 6.54 Å². The van der Waals surface area contributed by atoms with Crippen molar-refractivity contribution in [3.05, 3.63) is 70.4 Å². The van der Waals surface area contributed by atoms with Gasteiger partial charge in [0.25, 0.3) is 0 Å². The lowest BCUT2D eigenvalue weighted by Crippen LogP contribution is -2.26. The third-order valence-corrected chi connectivity index (χ3v) is 4.32. The van der Waals surface area contributed by atoms with E-state index in [1.54, 1.807) is 24.3 Å². The fraction of sp³-hybridized carbons (Fsp3) is 0.200. The molecule has 3 aromatic heterocycles. The molecule has 9 nitrogen and oxygen atoms in total. The number of fused-ring (bicyclic) bond motifs is 1. The first-order valence-electron chi connectivity index (χ1n) is 9.18. The van der Waals surface area contributed by atoms with Crippen molar-refractivity contribution in [3.8, 4) is 23.5 Å². The van der Waals surface area contributed by atoms with Crippen LogP contribution in [0.2, 0.25) is 0 Å². The van der Waals surface area contributed by atoms with Crippen molar-refractivity contribution in [1.29, 1.82) is 0 Å². The van der Waals surface area contributed by atoms with Crippen LogP contribution in [0.5, 0.6) is 5.88 Å². The highest BCUT2D eigenvalue weighted by atomic mass is 19.1. The highest BCUT2D eigenvalue weighted by Crippen LogP contribution is 2.24. The number of nitrogens with two attached hydrogens (primary N) is 1. The summed E-state index contributed by atoms with van der Waals surface area (Å²) in [6.45, 7) is 1.26. The minimum Gasteiger partial charge on any atom is -0.474 e. The zero-order valence-corrected chi connectivity index (χ0v) is 15.9. The van der Waals surface area contributed by atoms with Gasteiger partial charge in [0.15, 0.2) is 0 Å². The lowest BCUT2D eigenvalue weighted by Gasteiger charge is -2.17. The van der Waals surface area contributed by atoms with E-state index in [1.165, 1.54) is 10.9 Å². The van der Waals surface area contributed by atoms with Crippen LogP contribution in [0.3, 0.4) is 0 Å². The van der Waals surface area contributed by atoms with Crippen LogP contribution in [0, 0.1) is 11.8 Å². The summed E-state index contributed by atoms with van der Waals surface area (Å²) in [5.74, 6) is 6.76. The molecular weight excluding hydrogens is 389 g/mol. The minimum atomic E-state index is -0.457. The normalized spacial score (nSPS) is 12.9. The Morgan fingerprint density at radius 2 is 2.10 bits per heavy atom. The quantitative estimate of drug-likeness (QED) is 0.616. The second-order valence-corrected chi connectivity index (χ2v) is 6.37. The van der Waals surface area contributed by atoms with Gasteiger partial charge >= 0.3 is 5.69 Å². The average molecular weight is 407 g/mol. The van der Waals surface area contributed by atoms with E-state index < -0.39 is 5.69 Å². The monoisotopic (exact) mass is 407 g/mol. The summed E-state index contributed by atoms with van der Waals surface area (Å²) in [5.41, 5.74) is 7.07. The van der Waals surface area contributed by atoms with Gasteiger partial charge in [-0.05, 0) is 41.7 Å². The maximum atomic E-state index is 12.7. The fourth-order valence-corrected chi connectivity index (χ4v) is 2.78. The predicted molar refractivity (Wildman–Crippen MR) is 108 cm³/mol. The molecule has 4 heterocycles. The topological polar surface area (TPSA) is 113 Å². The van der Waals surface area contributed by atoms with Crippen molar-refractivity contribution < 1.29 is 9.13 Å². The van der Waals surface area contributed by atoms with Crippen molar-refractivity contribution in [1.82, 2.24) is 24.3 Å². The van der Waals surface area contributed by atoms with Crippen LogP contribution in [0.25, 0.3) is 5.82 Å². The van der Waals surface area contributed by atoms with Crippen LogP contribution in [0.15, 0.2) is 53.4 Å². The largest absolute Gasteiger partial charge is 0.474 e. The lowest BCUT2D eigenvalue weighted by molar-refractivity contribution is 0.310. The number of nitrogens with zero attached hydrogens (tertiary/aromatic N) is 5. The molecule has 3 aromatic rings. The highest BCUT2D eigenvalue weighted by molar-refractivity contribution is 5.56. The van der Waals surface area contributed by atoms with Gasteiger partial charge < -0.3 is 15.8 Å². The Morgan fingerprint density at radius 3 is 2.90 bits per heavy atom. The SMILES string of the molecule is NC/C(=C\F)Cn1ncn(-c2cccc(C#Cc3ccc4c(n3)OCCN4)n2)c1=O. The molecule has 30 heavy (non-hydrogen) atoms. The molecule has 0 atom stereocenters. The van der Waals surface area contributed by atoms with E-state index in [-0.39, 0.29) is 18.7 Å². The molecule has 3 N–H and O–H groups in total. The van der Waals surface area contributed by atoms with Gasteiger partial charge in [0.2, 0.25) is 5.88 Å². The molecule has 10 heteroatoms. The first-order chi connectivity index (χ1) is 14.7. The summed E-state index contributed by atoms with van der Waals surface area (Å²) in [6, 6.07) is 8.77. The van der Waals surface area contributed by atoms with Crippen LogP contribution in [0.1, 0.15) is 11.4 Å². The van der Waals surface area contributed by atoms with Gasteiger partial charge in [0.1, 0.15) is 30.1 Å². The van der Waals surface area contributed by atoms with E-state index in [9.17, 15) is 9.18 Å². The van der Waals surface area contributed by atoms with E-state index in [4.69, 9.17) is 10.5 Å². The van der Waals surface area contributed by atoms with Crippen LogP contribution in [-0.2, 0) is 6.54 Å². The summed E-state index contributed by atoms with van der Waals surface area (Å²) < 4.78 is 20.6. The summed E-state index contributed by atoms with van der Waals surface area (Å²) in [4.78, 5) is 21.3. The molecule has 1 aliphatic heterocycles. The summed E-state index contributed by atoms with van der Waals surface area (Å²) in [6.07, 6.45) is 1.71.